The number of carbonyl (C=O) groups excluding carboxylic acids is 1. The Morgan fingerprint density at radius 3 is 2.70 bits per heavy atom. The Hall–Kier alpha value is -2.33. The number of aromatic nitrogens is 2. The molecule has 33 heavy (non-hydrogen) atoms. The fourth-order valence-electron chi connectivity index (χ4n) is 3.35. The molecule has 180 valence electrons. The maximum absolute atomic E-state index is 14.2. The number of rotatable bonds is 6. The maximum atomic E-state index is 14.2. The molecule has 1 unspecified atom stereocenters. The minimum Gasteiger partial charge on any atom is -0.371 e. The Morgan fingerprint density at radius 1 is 1.30 bits per heavy atom. The lowest BCUT2D eigenvalue weighted by Gasteiger charge is -2.35. The van der Waals surface area contributed by atoms with Gasteiger partial charge in [0, 0.05) is 18.3 Å². The van der Waals surface area contributed by atoms with Gasteiger partial charge < -0.3 is 25.4 Å². The van der Waals surface area contributed by atoms with Crippen LogP contribution in [0.15, 0.2) is 24.4 Å². The van der Waals surface area contributed by atoms with E-state index in [0.29, 0.717) is 48.3 Å². The Morgan fingerprint density at radius 2 is 2.09 bits per heavy atom. The highest BCUT2D eigenvalue weighted by atomic mass is 35.5. The van der Waals surface area contributed by atoms with E-state index in [-0.39, 0.29) is 17.5 Å². The third kappa shape index (κ3) is 7.89. The van der Waals surface area contributed by atoms with E-state index in [4.69, 9.17) is 21.1 Å². The van der Waals surface area contributed by atoms with Crippen LogP contribution in [0.25, 0.3) is 11.3 Å². The predicted octanol–water partition coefficient (Wildman–Crippen LogP) is 3.87. The second kappa shape index (κ2) is 12.2. The lowest BCUT2D eigenvalue weighted by molar-refractivity contribution is -0.170. The molecule has 2 aromatic heterocycles. The van der Waals surface area contributed by atoms with Crippen LogP contribution < -0.4 is 16.0 Å². The van der Waals surface area contributed by atoms with Crippen molar-refractivity contribution in [2.75, 3.05) is 43.5 Å². The molecule has 2 fully saturated rings. The van der Waals surface area contributed by atoms with Gasteiger partial charge >= 0.3 is 0 Å². The summed E-state index contributed by atoms with van der Waals surface area (Å²) in [4.78, 5) is 18.9. The summed E-state index contributed by atoms with van der Waals surface area (Å²) in [5.41, 5.74) is 0.658. The molecule has 2 saturated heterocycles. The van der Waals surface area contributed by atoms with E-state index >= 15 is 0 Å². The van der Waals surface area contributed by atoms with Gasteiger partial charge in [-0.25, -0.2) is 14.4 Å². The van der Waals surface area contributed by atoms with Crippen LogP contribution in [0.3, 0.4) is 0 Å². The van der Waals surface area contributed by atoms with E-state index in [9.17, 15) is 9.18 Å². The van der Waals surface area contributed by atoms with Crippen LogP contribution in [0.4, 0.5) is 16.0 Å². The first-order valence-electron chi connectivity index (χ1n) is 11.1. The van der Waals surface area contributed by atoms with Crippen molar-refractivity contribution in [2.45, 2.75) is 44.8 Å². The maximum Gasteiger partial charge on any atom is 0.212 e. The zero-order valence-corrected chi connectivity index (χ0v) is 19.8. The Kier molecular flexibility index (Phi) is 9.37. The van der Waals surface area contributed by atoms with Crippen LogP contribution in [0, 0.1) is 5.82 Å². The molecule has 1 atom stereocenters. The van der Waals surface area contributed by atoms with Gasteiger partial charge in [0.05, 0.1) is 35.6 Å². The number of piperidine rings is 1. The quantitative estimate of drug-likeness (QED) is 0.541. The summed E-state index contributed by atoms with van der Waals surface area (Å²) >= 11 is 6.18. The van der Waals surface area contributed by atoms with Gasteiger partial charge in [-0.05, 0) is 58.0 Å². The molecular weight excluding hydrogens is 449 g/mol. The standard InChI is InChI=1S/C18H20ClFN4O3.C5H11N/c1-18(2)9-26-11(8-27-18)6-22-17-14(20)3-4-15(24-17)12-5-16(23-10-25)21-7-13(12)19;1-2-4-6-5-3-1/h3-5,7,10-11H,6,8-9H2,1-2H3,(H,22,24)(H,21,23,25);6H,1-5H2. The molecule has 0 spiro atoms. The van der Waals surface area contributed by atoms with Gasteiger partial charge in [0.1, 0.15) is 5.82 Å². The molecule has 2 aromatic rings. The summed E-state index contributed by atoms with van der Waals surface area (Å²) in [7, 11) is 0. The van der Waals surface area contributed by atoms with Crippen LogP contribution in [0.2, 0.25) is 5.02 Å². The number of nitrogens with one attached hydrogen (secondary N) is 3. The van der Waals surface area contributed by atoms with E-state index in [0.717, 1.165) is 0 Å². The van der Waals surface area contributed by atoms with Gasteiger partial charge in [-0.3, -0.25) is 4.79 Å². The Bertz CT molecular complexity index is 905. The Labute approximate surface area is 198 Å². The second-order valence-electron chi connectivity index (χ2n) is 8.53. The van der Waals surface area contributed by atoms with E-state index in [1.165, 1.54) is 50.7 Å². The van der Waals surface area contributed by atoms with Gasteiger partial charge in [0.15, 0.2) is 11.6 Å². The molecular formula is C23H31ClFN5O3. The smallest absolute Gasteiger partial charge is 0.212 e. The zero-order chi connectivity index (χ0) is 23.7. The van der Waals surface area contributed by atoms with Gasteiger partial charge in [-0.15, -0.1) is 0 Å². The Balaban J connectivity index is 0.000000442. The largest absolute Gasteiger partial charge is 0.371 e. The molecule has 0 saturated carbocycles. The highest BCUT2D eigenvalue weighted by Gasteiger charge is 2.28. The van der Waals surface area contributed by atoms with Crippen molar-refractivity contribution in [1.29, 1.82) is 0 Å². The molecule has 0 radical (unpaired) electrons. The first-order chi connectivity index (χ1) is 15.9. The number of hydrogen-bond donors (Lipinski definition) is 3. The lowest BCUT2D eigenvalue weighted by atomic mass is 10.1. The molecule has 8 nitrogen and oxygen atoms in total. The topological polar surface area (TPSA) is 97.4 Å². The molecule has 3 N–H and O–H groups in total. The number of ether oxygens (including phenoxy) is 2. The SMILES string of the molecule is C1CCNCC1.CC1(C)COC(CNc2nc(-c3cc(NC=O)ncc3Cl)ccc2F)CO1. The van der Waals surface area contributed by atoms with Crippen molar-refractivity contribution in [2.24, 2.45) is 0 Å². The molecule has 2 aliphatic heterocycles. The number of carbonyl (C=O) groups is 1. The highest BCUT2D eigenvalue weighted by molar-refractivity contribution is 6.33. The van der Waals surface area contributed by atoms with E-state index in [1.54, 1.807) is 6.07 Å². The first-order valence-corrected chi connectivity index (χ1v) is 11.5. The van der Waals surface area contributed by atoms with Crippen molar-refractivity contribution < 1.29 is 18.7 Å². The van der Waals surface area contributed by atoms with Crippen LogP contribution >= 0.6 is 11.6 Å². The third-order valence-electron chi connectivity index (χ3n) is 5.21. The fraction of sp³-hybridized carbons (Fsp3) is 0.522. The number of hydrogen-bond acceptors (Lipinski definition) is 7. The molecule has 0 aromatic carbocycles. The summed E-state index contributed by atoms with van der Waals surface area (Å²) in [6.45, 7) is 7.64. The average molecular weight is 480 g/mol. The number of anilines is 2. The van der Waals surface area contributed by atoms with Gasteiger partial charge in [-0.1, -0.05) is 18.0 Å². The van der Waals surface area contributed by atoms with Crippen LogP contribution in [0.5, 0.6) is 0 Å². The third-order valence-corrected chi connectivity index (χ3v) is 5.52. The highest BCUT2D eigenvalue weighted by Crippen LogP contribution is 2.29. The van der Waals surface area contributed by atoms with E-state index in [1.807, 2.05) is 13.8 Å². The van der Waals surface area contributed by atoms with Crippen molar-refractivity contribution in [3.05, 3.63) is 35.2 Å². The lowest BCUT2D eigenvalue weighted by Crippen LogP contribution is -2.44. The summed E-state index contributed by atoms with van der Waals surface area (Å²) < 4.78 is 25.6. The van der Waals surface area contributed by atoms with Gasteiger partial charge in [0.25, 0.3) is 0 Å². The first kappa shape index (κ1) is 25.3. The van der Waals surface area contributed by atoms with Crippen LogP contribution in [0.1, 0.15) is 33.1 Å². The number of nitrogens with zero attached hydrogens (tertiary/aromatic N) is 2. The van der Waals surface area contributed by atoms with E-state index < -0.39 is 5.82 Å². The molecule has 0 bridgehead atoms. The normalized spacial score (nSPS) is 19.7. The van der Waals surface area contributed by atoms with Crippen molar-refractivity contribution in [3.8, 4) is 11.3 Å². The second-order valence-corrected chi connectivity index (χ2v) is 8.94. The summed E-state index contributed by atoms with van der Waals surface area (Å²) in [5, 5.41) is 9.03. The fourth-order valence-corrected chi connectivity index (χ4v) is 3.55. The number of amides is 1. The summed E-state index contributed by atoms with van der Waals surface area (Å²) in [6.07, 6.45) is 5.93. The molecule has 1 amide bonds. The minimum absolute atomic E-state index is 0.0821. The van der Waals surface area contributed by atoms with Crippen LogP contribution in [-0.2, 0) is 14.3 Å². The molecule has 4 heterocycles. The van der Waals surface area contributed by atoms with Crippen LogP contribution in [-0.4, -0.2) is 60.9 Å². The van der Waals surface area contributed by atoms with Gasteiger partial charge in [0.2, 0.25) is 6.41 Å². The number of halogens is 2. The summed E-state index contributed by atoms with van der Waals surface area (Å²) in [5.74, 6) is -0.0914. The monoisotopic (exact) mass is 479 g/mol. The molecule has 0 aliphatic carbocycles. The van der Waals surface area contributed by atoms with Crippen molar-refractivity contribution in [1.82, 2.24) is 15.3 Å². The number of pyridine rings is 2. The summed E-state index contributed by atoms with van der Waals surface area (Å²) in [6, 6.07) is 4.38. The predicted molar refractivity (Wildman–Crippen MR) is 127 cm³/mol. The average Bonchev–Trinajstić information content (AvgIpc) is 2.82. The van der Waals surface area contributed by atoms with Gasteiger partial charge in [-0.2, -0.15) is 0 Å². The molecule has 2 aliphatic rings. The molecule has 10 heteroatoms. The van der Waals surface area contributed by atoms with Crippen molar-refractivity contribution >= 4 is 29.6 Å². The zero-order valence-electron chi connectivity index (χ0n) is 19.0. The van der Waals surface area contributed by atoms with E-state index in [2.05, 4.69) is 25.9 Å². The minimum atomic E-state index is -0.493. The van der Waals surface area contributed by atoms with Crippen molar-refractivity contribution in [3.63, 3.8) is 0 Å². The molecule has 4 rings (SSSR count).